The first-order valence-electron chi connectivity index (χ1n) is 6.96. The van der Waals surface area contributed by atoms with E-state index < -0.39 is 0 Å². The zero-order valence-electron chi connectivity index (χ0n) is 11.9. The molecular weight excluding hydrogens is 236 g/mol. The van der Waals surface area contributed by atoms with Crippen LogP contribution in [0.5, 0.6) is 5.88 Å². The van der Waals surface area contributed by atoms with Crippen molar-refractivity contribution in [3.05, 3.63) is 35.9 Å². The van der Waals surface area contributed by atoms with Crippen molar-refractivity contribution in [2.45, 2.75) is 39.8 Å². The van der Waals surface area contributed by atoms with Crippen molar-refractivity contribution in [3.63, 3.8) is 0 Å². The van der Waals surface area contributed by atoms with Gasteiger partial charge in [-0.1, -0.05) is 25.1 Å². The number of benzene rings is 1. The Morgan fingerprint density at radius 1 is 1.26 bits per heavy atom. The van der Waals surface area contributed by atoms with Crippen LogP contribution in [0, 0.1) is 0 Å². The molecule has 0 bridgehead atoms. The molecule has 0 atom stereocenters. The highest BCUT2D eigenvalue weighted by atomic mass is 16.5. The summed E-state index contributed by atoms with van der Waals surface area (Å²) in [4.78, 5) is 4.63. The van der Waals surface area contributed by atoms with Crippen molar-refractivity contribution >= 4 is 10.9 Å². The van der Waals surface area contributed by atoms with Crippen LogP contribution in [-0.4, -0.2) is 17.6 Å². The van der Waals surface area contributed by atoms with Gasteiger partial charge < -0.3 is 10.1 Å². The highest BCUT2D eigenvalue weighted by molar-refractivity contribution is 5.80. The first kappa shape index (κ1) is 13.8. The van der Waals surface area contributed by atoms with E-state index >= 15 is 0 Å². The van der Waals surface area contributed by atoms with Gasteiger partial charge >= 0.3 is 0 Å². The van der Waals surface area contributed by atoms with Crippen molar-refractivity contribution in [1.82, 2.24) is 10.3 Å². The lowest BCUT2D eigenvalue weighted by molar-refractivity contribution is 0.230. The second kappa shape index (κ2) is 6.53. The van der Waals surface area contributed by atoms with Gasteiger partial charge in [-0.2, -0.15) is 0 Å². The van der Waals surface area contributed by atoms with E-state index in [-0.39, 0.29) is 6.10 Å². The molecule has 0 saturated heterocycles. The van der Waals surface area contributed by atoms with E-state index in [1.165, 1.54) is 0 Å². The van der Waals surface area contributed by atoms with E-state index in [4.69, 9.17) is 4.74 Å². The van der Waals surface area contributed by atoms with Crippen LogP contribution in [0.4, 0.5) is 0 Å². The fourth-order valence-corrected chi connectivity index (χ4v) is 1.99. The standard InChI is InChI=1S/C16H22N2O/c1-4-9-17-11-14-10-13-7-5-6-8-15(13)18-16(14)19-12(2)3/h5-8,10,12,17H,4,9,11H2,1-3H3. The minimum Gasteiger partial charge on any atom is -0.475 e. The maximum atomic E-state index is 5.83. The van der Waals surface area contributed by atoms with Gasteiger partial charge in [0.2, 0.25) is 5.88 Å². The highest BCUT2D eigenvalue weighted by Gasteiger charge is 2.09. The Morgan fingerprint density at radius 2 is 2.05 bits per heavy atom. The molecule has 2 rings (SSSR count). The summed E-state index contributed by atoms with van der Waals surface area (Å²) in [6, 6.07) is 10.3. The molecule has 0 aliphatic rings. The van der Waals surface area contributed by atoms with Gasteiger partial charge in [0.05, 0.1) is 11.6 Å². The van der Waals surface area contributed by atoms with Crippen LogP contribution in [0.25, 0.3) is 10.9 Å². The number of para-hydroxylation sites is 1. The van der Waals surface area contributed by atoms with Gasteiger partial charge in [0.15, 0.2) is 0 Å². The third kappa shape index (κ3) is 3.67. The number of rotatable bonds is 6. The van der Waals surface area contributed by atoms with Crippen molar-refractivity contribution in [2.75, 3.05) is 6.54 Å². The Bertz CT molecular complexity index is 537. The molecule has 19 heavy (non-hydrogen) atoms. The molecular formula is C16H22N2O. The van der Waals surface area contributed by atoms with Crippen LogP contribution in [0.1, 0.15) is 32.8 Å². The molecule has 3 nitrogen and oxygen atoms in total. The Morgan fingerprint density at radius 3 is 2.79 bits per heavy atom. The van der Waals surface area contributed by atoms with Gasteiger partial charge in [0.25, 0.3) is 0 Å². The lowest BCUT2D eigenvalue weighted by Crippen LogP contribution is -2.16. The summed E-state index contributed by atoms with van der Waals surface area (Å²) in [7, 11) is 0. The lowest BCUT2D eigenvalue weighted by atomic mass is 10.1. The zero-order valence-corrected chi connectivity index (χ0v) is 11.9. The molecule has 0 amide bonds. The summed E-state index contributed by atoms with van der Waals surface area (Å²) < 4.78 is 5.83. The molecule has 102 valence electrons. The minimum atomic E-state index is 0.138. The quantitative estimate of drug-likeness (QED) is 0.805. The molecule has 0 unspecified atom stereocenters. The van der Waals surface area contributed by atoms with Gasteiger partial charge in [-0.15, -0.1) is 0 Å². The molecule has 1 N–H and O–H groups in total. The summed E-state index contributed by atoms with van der Waals surface area (Å²) in [5.41, 5.74) is 2.11. The summed E-state index contributed by atoms with van der Waals surface area (Å²) >= 11 is 0. The number of nitrogens with zero attached hydrogens (tertiary/aromatic N) is 1. The van der Waals surface area contributed by atoms with Crippen LogP contribution in [-0.2, 0) is 6.54 Å². The Hall–Kier alpha value is -1.61. The molecule has 0 radical (unpaired) electrons. The van der Waals surface area contributed by atoms with Crippen molar-refractivity contribution in [2.24, 2.45) is 0 Å². The first-order valence-corrected chi connectivity index (χ1v) is 6.96. The average molecular weight is 258 g/mol. The summed E-state index contributed by atoms with van der Waals surface area (Å²) in [6.45, 7) is 8.03. The molecule has 0 aliphatic heterocycles. The maximum absolute atomic E-state index is 5.83. The van der Waals surface area contributed by atoms with Gasteiger partial charge in [-0.25, -0.2) is 4.98 Å². The van der Waals surface area contributed by atoms with Gasteiger partial charge in [-0.05, 0) is 38.9 Å². The molecule has 0 spiro atoms. The van der Waals surface area contributed by atoms with Crippen LogP contribution in [0.2, 0.25) is 0 Å². The largest absolute Gasteiger partial charge is 0.475 e. The van der Waals surface area contributed by atoms with Crippen molar-refractivity contribution in [1.29, 1.82) is 0 Å². The predicted octanol–water partition coefficient (Wildman–Crippen LogP) is 3.52. The number of hydrogen-bond acceptors (Lipinski definition) is 3. The summed E-state index contributed by atoms with van der Waals surface area (Å²) in [6.07, 6.45) is 1.26. The zero-order chi connectivity index (χ0) is 13.7. The maximum Gasteiger partial charge on any atom is 0.218 e. The molecule has 3 heteroatoms. The smallest absolute Gasteiger partial charge is 0.218 e. The Labute approximate surface area is 115 Å². The second-order valence-corrected chi connectivity index (χ2v) is 4.99. The molecule has 1 aromatic heterocycles. The molecule has 1 heterocycles. The van der Waals surface area contributed by atoms with E-state index in [0.717, 1.165) is 41.9 Å². The third-order valence-electron chi connectivity index (χ3n) is 2.85. The normalized spacial score (nSPS) is 11.2. The fraction of sp³-hybridized carbons (Fsp3) is 0.438. The van der Waals surface area contributed by atoms with Crippen LogP contribution in [0.15, 0.2) is 30.3 Å². The van der Waals surface area contributed by atoms with E-state index in [1.807, 2.05) is 32.0 Å². The van der Waals surface area contributed by atoms with E-state index in [0.29, 0.717) is 0 Å². The van der Waals surface area contributed by atoms with Gasteiger partial charge in [-0.3, -0.25) is 0 Å². The van der Waals surface area contributed by atoms with Gasteiger partial charge in [0, 0.05) is 17.5 Å². The number of nitrogens with one attached hydrogen (secondary N) is 1. The number of pyridine rings is 1. The Kier molecular flexibility index (Phi) is 4.74. The predicted molar refractivity (Wildman–Crippen MR) is 79.5 cm³/mol. The molecule has 0 saturated carbocycles. The fourth-order valence-electron chi connectivity index (χ4n) is 1.99. The third-order valence-corrected chi connectivity index (χ3v) is 2.85. The van der Waals surface area contributed by atoms with Crippen LogP contribution >= 0.6 is 0 Å². The van der Waals surface area contributed by atoms with E-state index in [1.54, 1.807) is 0 Å². The van der Waals surface area contributed by atoms with Crippen molar-refractivity contribution < 1.29 is 4.74 Å². The topological polar surface area (TPSA) is 34.2 Å². The molecule has 0 aliphatic carbocycles. The number of ether oxygens (including phenoxy) is 1. The summed E-state index contributed by atoms with van der Waals surface area (Å²) in [5.74, 6) is 0.748. The SMILES string of the molecule is CCCNCc1cc2ccccc2nc1OC(C)C. The first-order chi connectivity index (χ1) is 9.20. The van der Waals surface area contributed by atoms with Crippen molar-refractivity contribution in [3.8, 4) is 5.88 Å². The van der Waals surface area contributed by atoms with E-state index in [9.17, 15) is 0 Å². The lowest BCUT2D eigenvalue weighted by Gasteiger charge is -2.14. The highest BCUT2D eigenvalue weighted by Crippen LogP contribution is 2.23. The minimum absolute atomic E-state index is 0.138. The second-order valence-electron chi connectivity index (χ2n) is 4.99. The van der Waals surface area contributed by atoms with Crippen LogP contribution < -0.4 is 10.1 Å². The molecule has 0 fully saturated rings. The number of hydrogen-bond donors (Lipinski definition) is 1. The molecule has 1 aromatic carbocycles. The summed E-state index contributed by atoms with van der Waals surface area (Å²) in [5, 5.41) is 4.57. The van der Waals surface area contributed by atoms with Gasteiger partial charge in [0.1, 0.15) is 0 Å². The Balaban J connectivity index is 2.33. The number of aromatic nitrogens is 1. The monoisotopic (exact) mass is 258 g/mol. The molecule has 2 aromatic rings. The number of fused-ring (bicyclic) bond motifs is 1. The van der Waals surface area contributed by atoms with Crippen LogP contribution in [0.3, 0.4) is 0 Å². The van der Waals surface area contributed by atoms with E-state index in [2.05, 4.69) is 29.4 Å². The average Bonchev–Trinajstić information content (AvgIpc) is 2.39.